The maximum atomic E-state index is 11.0. The molecular formula is C17H22N4O2S. The third-order valence-electron chi connectivity index (χ3n) is 3.27. The van der Waals surface area contributed by atoms with Gasteiger partial charge in [-0.05, 0) is 44.0 Å². The molecular weight excluding hydrogens is 324 g/mol. The third kappa shape index (κ3) is 4.61. The summed E-state index contributed by atoms with van der Waals surface area (Å²) in [7, 11) is 0. The van der Waals surface area contributed by atoms with Gasteiger partial charge < -0.3 is 10.5 Å². The number of carbonyl (C=O) groups excluding carboxylic acids is 1. The van der Waals surface area contributed by atoms with Crippen molar-refractivity contribution in [1.29, 1.82) is 0 Å². The van der Waals surface area contributed by atoms with E-state index in [0.717, 1.165) is 16.9 Å². The van der Waals surface area contributed by atoms with Gasteiger partial charge in [0.05, 0.1) is 5.75 Å². The summed E-state index contributed by atoms with van der Waals surface area (Å²) < 4.78 is 7.91. The normalized spacial score (nSPS) is 12.0. The summed E-state index contributed by atoms with van der Waals surface area (Å²) in [5, 5.41) is 8.99. The molecule has 2 N–H and O–H groups in total. The van der Waals surface area contributed by atoms with Crippen LogP contribution in [0.2, 0.25) is 0 Å². The highest BCUT2D eigenvalue weighted by molar-refractivity contribution is 7.99. The number of ether oxygens (including phenoxy) is 1. The Labute approximate surface area is 146 Å². The number of hydrogen-bond acceptors (Lipinski definition) is 5. The monoisotopic (exact) mass is 346 g/mol. The van der Waals surface area contributed by atoms with Gasteiger partial charge in [-0.2, -0.15) is 0 Å². The summed E-state index contributed by atoms with van der Waals surface area (Å²) in [6.45, 7) is 10.3. The van der Waals surface area contributed by atoms with Crippen LogP contribution in [0.25, 0.3) is 0 Å². The first kappa shape index (κ1) is 18.1. The quantitative estimate of drug-likeness (QED) is 0.587. The van der Waals surface area contributed by atoms with E-state index in [2.05, 4.69) is 22.8 Å². The Hall–Kier alpha value is -2.28. The van der Waals surface area contributed by atoms with Crippen LogP contribution in [0, 0.1) is 13.8 Å². The van der Waals surface area contributed by atoms with Crippen molar-refractivity contribution in [2.24, 2.45) is 5.73 Å². The Morgan fingerprint density at radius 3 is 2.62 bits per heavy atom. The molecule has 0 aliphatic carbocycles. The standard InChI is InChI=1S/C17H22N4O2S/c1-5-6-21-16(19-20-17(21)24-10-15(18)22)13(4)23-14-8-11(2)7-12(3)9-14/h5,7-9,13H,1,6,10H2,2-4H3,(H2,18,22). The van der Waals surface area contributed by atoms with Gasteiger partial charge in [0.25, 0.3) is 0 Å². The van der Waals surface area contributed by atoms with Crippen LogP contribution in [0.5, 0.6) is 5.75 Å². The number of primary amides is 1. The van der Waals surface area contributed by atoms with Gasteiger partial charge in [-0.1, -0.05) is 23.9 Å². The summed E-state index contributed by atoms with van der Waals surface area (Å²) in [4.78, 5) is 11.0. The fraction of sp³-hybridized carbons (Fsp3) is 0.353. The van der Waals surface area contributed by atoms with E-state index >= 15 is 0 Å². The first-order chi connectivity index (χ1) is 11.4. The molecule has 1 heterocycles. The van der Waals surface area contributed by atoms with Crippen LogP contribution < -0.4 is 10.5 Å². The van der Waals surface area contributed by atoms with E-state index in [1.165, 1.54) is 11.8 Å². The van der Waals surface area contributed by atoms with Gasteiger partial charge in [-0.3, -0.25) is 9.36 Å². The van der Waals surface area contributed by atoms with Gasteiger partial charge in [-0.15, -0.1) is 16.8 Å². The fourth-order valence-corrected chi connectivity index (χ4v) is 3.10. The molecule has 6 nitrogen and oxygen atoms in total. The molecule has 0 aliphatic rings. The third-order valence-corrected chi connectivity index (χ3v) is 4.26. The second kappa shape index (κ2) is 8.01. The van der Waals surface area contributed by atoms with Crippen molar-refractivity contribution in [1.82, 2.24) is 14.8 Å². The van der Waals surface area contributed by atoms with E-state index in [-0.39, 0.29) is 11.9 Å². The predicted octanol–water partition coefficient (Wildman–Crippen LogP) is 2.80. The number of thioether (sulfide) groups is 1. The van der Waals surface area contributed by atoms with Crippen LogP contribution in [-0.4, -0.2) is 26.4 Å². The zero-order chi connectivity index (χ0) is 17.7. The van der Waals surface area contributed by atoms with Crippen LogP contribution in [0.15, 0.2) is 36.0 Å². The zero-order valence-electron chi connectivity index (χ0n) is 14.2. The highest BCUT2D eigenvalue weighted by Crippen LogP contribution is 2.26. The highest BCUT2D eigenvalue weighted by Gasteiger charge is 2.19. The Balaban J connectivity index is 2.22. The smallest absolute Gasteiger partial charge is 0.227 e. The molecule has 1 aromatic heterocycles. The molecule has 0 saturated heterocycles. The number of rotatable bonds is 8. The molecule has 0 radical (unpaired) electrons. The topological polar surface area (TPSA) is 83.0 Å². The Kier molecular flexibility index (Phi) is 6.03. The van der Waals surface area contributed by atoms with Crippen molar-refractivity contribution in [3.63, 3.8) is 0 Å². The number of aryl methyl sites for hydroxylation is 2. The average molecular weight is 346 g/mol. The molecule has 0 saturated carbocycles. The minimum Gasteiger partial charge on any atom is -0.483 e. The van der Waals surface area contributed by atoms with Gasteiger partial charge in [0.2, 0.25) is 5.91 Å². The highest BCUT2D eigenvalue weighted by atomic mass is 32.2. The fourth-order valence-electron chi connectivity index (χ4n) is 2.40. The lowest BCUT2D eigenvalue weighted by atomic mass is 10.1. The van der Waals surface area contributed by atoms with Crippen molar-refractivity contribution < 1.29 is 9.53 Å². The minimum atomic E-state index is -0.394. The van der Waals surface area contributed by atoms with E-state index in [9.17, 15) is 4.79 Å². The molecule has 128 valence electrons. The molecule has 0 fully saturated rings. The van der Waals surface area contributed by atoms with Gasteiger partial charge >= 0.3 is 0 Å². The molecule has 1 atom stereocenters. The van der Waals surface area contributed by atoms with Crippen LogP contribution >= 0.6 is 11.8 Å². The van der Waals surface area contributed by atoms with Crippen molar-refractivity contribution in [3.8, 4) is 5.75 Å². The Morgan fingerprint density at radius 2 is 2.04 bits per heavy atom. The number of nitrogens with zero attached hydrogens (tertiary/aromatic N) is 3. The van der Waals surface area contributed by atoms with Crippen LogP contribution in [0.4, 0.5) is 0 Å². The number of carbonyl (C=O) groups is 1. The number of amides is 1. The molecule has 7 heteroatoms. The SMILES string of the molecule is C=CCn1c(SCC(N)=O)nnc1C(C)Oc1cc(C)cc(C)c1. The molecule has 0 aliphatic heterocycles. The van der Waals surface area contributed by atoms with Crippen LogP contribution in [-0.2, 0) is 11.3 Å². The van der Waals surface area contributed by atoms with Crippen LogP contribution in [0.1, 0.15) is 30.0 Å². The van der Waals surface area contributed by atoms with Gasteiger partial charge in [0.15, 0.2) is 17.1 Å². The summed E-state index contributed by atoms with van der Waals surface area (Å²) in [5.41, 5.74) is 7.48. The number of nitrogens with two attached hydrogens (primary N) is 1. The van der Waals surface area contributed by atoms with Crippen molar-refractivity contribution in [2.75, 3.05) is 5.75 Å². The van der Waals surface area contributed by atoms with E-state index in [4.69, 9.17) is 10.5 Å². The number of aromatic nitrogens is 3. The lowest BCUT2D eigenvalue weighted by Crippen LogP contribution is -2.15. The predicted molar refractivity (Wildman–Crippen MR) is 95.1 cm³/mol. The number of benzene rings is 1. The van der Waals surface area contributed by atoms with E-state index in [0.29, 0.717) is 17.5 Å². The zero-order valence-corrected chi connectivity index (χ0v) is 15.0. The molecule has 1 aromatic carbocycles. The minimum absolute atomic E-state index is 0.154. The molecule has 24 heavy (non-hydrogen) atoms. The van der Waals surface area contributed by atoms with E-state index < -0.39 is 5.91 Å². The van der Waals surface area contributed by atoms with Crippen molar-refractivity contribution >= 4 is 17.7 Å². The first-order valence-electron chi connectivity index (χ1n) is 7.60. The van der Waals surface area contributed by atoms with Crippen molar-refractivity contribution in [2.45, 2.75) is 38.6 Å². The van der Waals surface area contributed by atoms with E-state index in [1.54, 1.807) is 6.08 Å². The molecule has 1 unspecified atom stereocenters. The summed E-state index contributed by atoms with van der Waals surface area (Å²) in [5.74, 6) is 1.23. The number of allylic oxidation sites excluding steroid dienone is 1. The molecule has 0 bridgehead atoms. The lowest BCUT2D eigenvalue weighted by Gasteiger charge is -2.16. The first-order valence-corrected chi connectivity index (χ1v) is 8.59. The maximum absolute atomic E-state index is 11.0. The Morgan fingerprint density at radius 1 is 1.38 bits per heavy atom. The summed E-state index contributed by atoms with van der Waals surface area (Å²) in [6.07, 6.45) is 1.46. The second-order valence-corrected chi connectivity index (χ2v) is 6.52. The maximum Gasteiger partial charge on any atom is 0.227 e. The molecule has 2 aromatic rings. The lowest BCUT2D eigenvalue weighted by molar-refractivity contribution is -0.115. The van der Waals surface area contributed by atoms with Gasteiger partial charge in [0, 0.05) is 6.54 Å². The summed E-state index contributed by atoms with van der Waals surface area (Å²) in [6, 6.07) is 6.07. The molecule has 0 spiro atoms. The second-order valence-electron chi connectivity index (χ2n) is 5.58. The summed E-state index contributed by atoms with van der Waals surface area (Å²) >= 11 is 1.26. The van der Waals surface area contributed by atoms with Gasteiger partial charge in [-0.25, -0.2) is 0 Å². The van der Waals surface area contributed by atoms with E-state index in [1.807, 2.05) is 37.5 Å². The molecule has 2 rings (SSSR count). The average Bonchev–Trinajstić information content (AvgIpc) is 2.87. The van der Waals surface area contributed by atoms with Gasteiger partial charge in [0.1, 0.15) is 5.75 Å². The van der Waals surface area contributed by atoms with Crippen LogP contribution in [0.3, 0.4) is 0 Å². The Bertz CT molecular complexity index is 722. The molecule has 1 amide bonds. The number of hydrogen-bond donors (Lipinski definition) is 1. The largest absolute Gasteiger partial charge is 0.483 e. The van der Waals surface area contributed by atoms with Crippen molar-refractivity contribution in [3.05, 3.63) is 47.8 Å².